The molecule has 40 heavy (non-hydrogen) atoms. The Morgan fingerprint density at radius 2 is 1.38 bits per heavy atom. The third-order valence-corrected chi connectivity index (χ3v) is 7.20. The Morgan fingerprint density at radius 3 is 1.88 bits per heavy atom. The van der Waals surface area contributed by atoms with Gasteiger partial charge in [0, 0.05) is 50.5 Å². The monoisotopic (exact) mass is 562 g/mol. The largest absolute Gasteiger partial charge is 0.448 e. The number of para-hydroxylation sites is 1. The van der Waals surface area contributed by atoms with Gasteiger partial charge >= 0.3 is 12.1 Å². The van der Waals surface area contributed by atoms with Gasteiger partial charge in [-0.25, -0.2) is 9.59 Å². The van der Waals surface area contributed by atoms with Crippen molar-refractivity contribution in [3.63, 3.8) is 0 Å². The van der Waals surface area contributed by atoms with E-state index < -0.39 is 0 Å². The van der Waals surface area contributed by atoms with E-state index in [9.17, 15) is 9.59 Å². The number of carbonyl (C=O) groups is 2. The number of nitrogens with zero attached hydrogens (tertiary/aromatic N) is 3. The number of anilines is 1. The van der Waals surface area contributed by atoms with Crippen LogP contribution in [0.25, 0.3) is 0 Å². The molecule has 1 saturated heterocycles. The summed E-state index contributed by atoms with van der Waals surface area (Å²) < 4.78 is 5.82. The van der Waals surface area contributed by atoms with Crippen LogP contribution in [-0.4, -0.2) is 60.2 Å². The van der Waals surface area contributed by atoms with Crippen molar-refractivity contribution in [3.8, 4) is 0 Å². The number of benzene rings is 3. The van der Waals surface area contributed by atoms with Gasteiger partial charge in [-0.3, -0.25) is 9.80 Å². The highest BCUT2D eigenvalue weighted by molar-refractivity contribution is 7.59. The van der Waals surface area contributed by atoms with Gasteiger partial charge in [0.05, 0.1) is 0 Å². The molecule has 1 aliphatic rings. The van der Waals surface area contributed by atoms with Gasteiger partial charge in [0.15, 0.2) is 0 Å². The van der Waals surface area contributed by atoms with E-state index in [1.807, 2.05) is 54.3 Å². The molecule has 0 spiro atoms. The summed E-state index contributed by atoms with van der Waals surface area (Å²) in [5.41, 5.74) is 3.32. The number of urea groups is 1. The Kier molecular flexibility index (Phi) is 12.4. The van der Waals surface area contributed by atoms with Gasteiger partial charge < -0.3 is 15.0 Å². The van der Waals surface area contributed by atoms with Crippen molar-refractivity contribution in [1.82, 2.24) is 15.1 Å². The zero-order valence-electron chi connectivity index (χ0n) is 23.5. The molecule has 0 aromatic heterocycles. The molecule has 4 rings (SSSR count). The standard InChI is InChI=1S/C32H40N4O3.H2S/c1-3-33-31(37)36(29-17-11-6-12-18-29)30-19-21-34(22-20-30)32(38)39-25-26(2)35(23-27-13-7-4-8-14-27)24-28-15-9-5-10-16-28;/h4-18,26,30H,3,19-25H2,1-2H3,(H,33,37);1H2/t26-;/m0./s1. The molecule has 3 aromatic rings. The lowest BCUT2D eigenvalue weighted by Crippen LogP contribution is -2.52. The van der Waals surface area contributed by atoms with Crippen molar-refractivity contribution in [2.75, 3.05) is 31.1 Å². The van der Waals surface area contributed by atoms with Gasteiger partial charge in [-0.1, -0.05) is 78.9 Å². The fraction of sp³-hybridized carbons (Fsp3) is 0.375. The topological polar surface area (TPSA) is 65.1 Å². The molecule has 3 amide bonds. The predicted molar refractivity (Wildman–Crippen MR) is 166 cm³/mol. The van der Waals surface area contributed by atoms with E-state index in [4.69, 9.17) is 4.74 Å². The molecule has 0 aliphatic carbocycles. The minimum absolute atomic E-state index is 0. The van der Waals surface area contributed by atoms with E-state index in [1.54, 1.807) is 4.90 Å². The second-order valence-electron chi connectivity index (χ2n) is 10.1. The molecule has 0 unspecified atom stereocenters. The Hall–Kier alpha value is -3.49. The highest BCUT2D eigenvalue weighted by atomic mass is 32.1. The smallest absolute Gasteiger partial charge is 0.409 e. The van der Waals surface area contributed by atoms with Crippen LogP contribution in [0, 0.1) is 0 Å². The molecule has 1 atom stereocenters. The molecule has 0 saturated carbocycles. The third kappa shape index (κ3) is 8.76. The molecule has 1 N–H and O–H groups in total. The van der Waals surface area contributed by atoms with Crippen molar-refractivity contribution < 1.29 is 14.3 Å². The lowest BCUT2D eigenvalue weighted by atomic mass is 10.0. The van der Waals surface area contributed by atoms with Crippen molar-refractivity contribution in [3.05, 3.63) is 102 Å². The number of carbonyl (C=O) groups excluding carboxylic acids is 2. The molecule has 0 bridgehead atoms. The van der Waals surface area contributed by atoms with Gasteiger partial charge in [0.25, 0.3) is 0 Å². The molecule has 3 aromatic carbocycles. The predicted octanol–water partition coefficient (Wildman–Crippen LogP) is 6.03. The molecule has 1 heterocycles. The molecule has 1 fully saturated rings. The van der Waals surface area contributed by atoms with Crippen molar-refractivity contribution in [2.45, 2.75) is 51.9 Å². The Balaban J connectivity index is 0.00000441. The second-order valence-corrected chi connectivity index (χ2v) is 10.1. The number of hydrogen-bond donors (Lipinski definition) is 1. The first-order chi connectivity index (χ1) is 19.0. The fourth-order valence-electron chi connectivity index (χ4n) is 5.02. The summed E-state index contributed by atoms with van der Waals surface area (Å²) in [5.74, 6) is 0. The second kappa shape index (κ2) is 15.9. The van der Waals surface area contributed by atoms with Crippen LogP contribution < -0.4 is 10.2 Å². The molecular formula is C32H42N4O3S. The third-order valence-electron chi connectivity index (χ3n) is 7.20. The van der Waals surface area contributed by atoms with Crippen LogP contribution in [0.2, 0.25) is 0 Å². The zero-order valence-corrected chi connectivity index (χ0v) is 24.5. The molecule has 8 heteroatoms. The summed E-state index contributed by atoms with van der Waals surface area (Å²) in [6.45, 7) is 7.56. The van der Waals surface area contributed by atoms with E-state index in [-0.39, 0.29) is 37.7 Å². The van der Waals surface area contributed by atoms with E-state index in [1.165, 1.54) is 11.1 Å². The fourth-order valence-corrected chi connectivity index (χ4v) is 5.02. The number of likely N-dealkylation sites (tertiary alicyclic amines) is 1. The minimum Gasteiger partial charge on any atom is -0.448 e. The Bertz CT molecular complexity index is 1120. The average Bonchev–Trinajstić information content (AvgIpc) is 2.98. The van der Waals surface area contributed by atoms with Crippen LogP contribution in [-0.2, 0) is 17.8 Å². The van der Waals surface area contributed by atoms with Gasteiger partial charge in [0.1, 0.15) is 6.61 Å². The first-order valence-electron chi connectivity index (χ1n) is 13.9. The van der Waals surface area contributed by atoms with Crippen molar-refractivity contribution >= 4 is 31.3 Å². The summed E-state index contributed by atoms with van der Waals surface area (Å²) in [7, 11) is 0. The van der Waals surface area contributed by atoms with Gasteiger partial charge in [-0.2, -0.15) is 13.5 Å². The van der Waals surface area contributed by atoms with Gasteiger partial charge in [0.2, 0.25) is 0 Å². The Labute approximate surface area is 245 Å². The normalized spacial score (nSPS) is 14.2. The molecular weight excluding hydrogens is 520 g/mol. The van der Waals surface area contributed by atoms with Crippen LogP contribution in [0.4, 0.5) is 15.3 Å². The van der Waals surface area contributed by atoms with Crippen LogP contribution in [0.3, 0.4) is 0 Å². The maximum atomic E-state index is 13.0. The Morgan fingerprint density at radius 1 is 0.875 bits per heavy atom. The van der Waals surface area contributed by atoms with Crippen LogP contribution >= 0.6 is 13.5 Å². The molecule has 0 radical (unpaired) electrons. The first kappa shape index (κ1) is 31.0. The maximum Gasteiger partial charge on any atom is 0.409 e. The summed E-state index contributed by atoms with van der Waals surface area (Å²) in [4.78, 5) is 31.8. The lowest BCUT2D eigenvalue weighted by Gasteiger charge is -2.38. The van der Waals surface area contributed by atoms with E-state index in [2.05, 4.69) is 65.7 Å². The average molecular weight is 563 g/mol. The maximum absolute atomic E-state index is 13.0. The van der Waals surface area contributed by atoms with Crippen LogP contribution in [0.5, 0.6) is 0 Å². The zero-order chi connectivity index (χ0) is 27.5. The lowest BCUT2D eigenvalue weighted by molar-refractivity contribution is 0.0590. The number of piperidine rings is 1. The number of ether oxygens (including phenoxy) is 1. The van der Waals surface area contributed by atoms with Crippen LogP contribution in [0.1, 0.15) is 37.8 Å². The summed E-state index contributed by atoms with van der Waals surface area (Å²) in [5, 5.41) is 2.93. The summed E-state index contributed by atoms with van der Waals surface area (Å²) >= 11 is 0. The van der Waals surface area contributed by atoms with E-state index in [0.717, 1.165) is 18.8 Å². The number of nitrogens with one attached hydrogen (secondary N) is 1. The quantitative estimate of drug-likeness (QED) is 0.328. The van der Waals surface area contributed by atoms with Gasteiger partial charge in [-0.05, 0) is 49.9 Å². The number of rotatable bonds is 10. The highest BCUT2D eigenvalue weighted by Gasteiger charge is 2.31. The van der Waals surface area contributed by atoms with Crippen molar-refractivity contribution in [2.24, 2.45) is 0 Å². The van der Waals surface area contributed by atoms with E-state index >= 15 is 0 Å². The van der Waals surface area contributed by atoms with Gasteiger partial charge in [-0.15, -0.1) is 0 Å². The molecule has 1 aliphatic heterocycles. The number of amides is 3. The first-order valence-corrected chi connectivity index (χ1v) is 13.9. The summed E-state index contributed by atoms with van der Waals surface area (Å²) in [6.07, 6.45) is 1.11. The summed E-state index contributed by atoms with van der Waals surface area (Å²) in [6, 6.07) is 30.4. The van der Waals surface area contributed by atoms with Crippen molar-refractivity contribution in [1.29, 1.82) is 0 Å². The number of hydrogen-bond acceptors (Lipinski definition) is 4. The molecule has 214 valence electrons. The highest BCUT2D eigenvalue weighted by Crippen LogP contribution is 2.24. The SMILES string of the molecule is CCNC(=O)N(c1ccccc1)C1CCN(C(=O)OC[C@H](C)N(Cc2ccccc2)Cc2ccccc2)CC1.S. The van der Waals surface area contributed by atoms with Crippen LogP contribution in [0.15, 0.2) is 91.0 Å². The van der Waals surface area contributed by atoms with E-state index in [0.29, 0.717) is 39.1 Å². The molecule has 7 nitrogen and oxygen atoms in total. The minimum atomic E-state index is -0.288.